The Hall–Kier alpha value is -2.90. The van der Waals surface area contributed by atoms with E-state index in [-0.39, 0.29) is 0 Å². The molecule has 0 saturated carbocycles. The molecule has 0 radical (unpaired) electrons. The van der Waals surface area contributed by atoms with Gasteiger partial charge in [-0.1, -0.05) is 12.1 Å². The number of imidazole rings is 1. The Bertz CT molecular complexity index is 905. The highest BCUT2D eigenvalue weighted by Crippen LogP contribution is 2.20. The van der Waals surface area contributed by atoms with Gasteiger partial charge in [0.1, 0.15) is 5.82 Å². The molecular weight excluding hydrogens is 326 g/mol. The van der Waals surface area contributed by atoms with Crippen molar-refractivity contribution < 1.29 is 22.4 Å². The fourth-order valence-electron chi connectivity index (χ4n) is 2.26. The third-order valence-electron chi connectivity index (χ3n) is 3.51. The van der Waals surface area contributed by atoms with E-state index in [2.05, 4.69) is 15.3 Å². The number of aromatic nitrogens is 2. The zero-order valence-corrected chi connectivity index (χ0v) is 12.3. The van der Waals surface area contributed by atoms with Gasteiger partial charge in [0.05, 0.1) is 22.6 Å². The zero-order valence-electron chi connectivity index (χ0n) is 12.3. The van der Waals surface area contributed by atoms with Gasteiger partial charge in [0.2, 0.25) is 0 Å². The first-order valence-electron chi connectivity index (χ1n) is 6.97. The van der Waals surface area contributed by atoms with Crippen molar-refractivity contribution >= 4 is 16.9 Å². The van der Waals surface area contributed by atoms with Crippen LogP contribution in [0.15, 0.2) is 30.3 Å². The molecule has 0 aliphatic heterocycles. The van der Waals surface area contributed by atoms with Gasteiger partial charge in [-0.2, -0.15) is 0 Å². The third kappa shape index (κ3) is 2.70. The fraction of sp³-hybridized carbons (Fsp3) is 0.125. The van der Waals surface area contributed by atoms with Gasteiger partial charge in [-0.3, -0.25) is 4.79 Å². The van der Waals surface area contributed by atoms with E-state index >= 15 is 0 Å². The number of carbonyl (C=O) groups is 1. The highest BCUT2D eigenvalue weighted by atomic mass is 19.2. The van der Waals surface area contributed by atoms with Crippen LogP contribution in [0.1, 0.15) is 29.1 Å². The third-order valence-corrected chi connectivity index (χ3v) is 3.51. The lowest BCUT2D eigenvalue weighted by molar-refractivity contribution is 0.0932. The van der Waals surface area contributed by atoms with Crippen LogP contribution in [0, 0.1) is 23.3 Å². The number of nitrogens with zero attached hydrogens (tertiary/aromatic N) is 1. The maximum Gasteiger partial charge on any atom is 0.255 e. The Kier molecular flexibility index (Phi) is 3.96. The minimum Gasteiger partial charge on any atom is -0.342 e. The Morgan fingerprint density at radius 3 is 2.54 bits per heavy atom. The van der Waals surface area contributed by atoms with Crippen LogP contribution in [0.4, 0.5) is 17.6 Å². The Labute approximate surface area is 133 Å². The lowest BCUT2D eigenvalue weighted by atomic mass is 10.1. The SMILES string of the molecule is C[C@H](NC(=O)c1cc(F)c(F)c(F)c1F)c1nc2ccccc2[nH]1. The van der Waals surface area contributed by atoms with E-state index in [1.54, 1.807) is 31.2 Å². The fourth-order valence-corrected chi connectivity index (χ4v) is 2.26. The zero-order chi connectivity index (χ0) is 17.4. The second-order valence-electron chi connectivity index (χ2n) is 5.18. The lowest BCUT2D eigenvalue weighted by Gasteiger charge is -2.12. The van der Waals surface area contributed by atoms with Crippen molar-refractivity contribution in [1.29, 1.82) is 0 Å². The number of aromatic amines is 1. The molecule has 124 valence electrons. The number of hydrogen-bond acceptors (Lipinski definition) is 2. The average molecular weight is 337 g/mol. The van der Waals surface area contributed by atoms with Crippen molar-refractivity contribution in [2.45, 2.75) is 13.0 Å². The van der Waals surface area contributed by atoms with Gasteiger partial charge in [-0.15, -0.1) is 0 Å². The number of nitrogens with one attached hydrogen (secondary N) is 2. The van der Waals surface area contributed by atoms with Crippen LogP contribution < -0.4 is 5.32 Å². The summed E-state index contributed by atoms with van der Waals surface area (Å²) in [5, 5.41) is 2.36. The molecule has 3 aromatic rings. The number of H-pyrrole nitrogens is 1. The summed E-state index contributed by atoms with van der Waals surface area (Å²) in [6.07, 6.45) is 0. The minimum atomic E-state index is -2.03. The normalized spacial score (nSPS) is 12.4. The maximum atomic E-state index is 13.6. The van der Waals surface area contributed by atoms with Crippen LogP contribution in [-0.2, 0) is 0 Å². The first kappa shape index (κ1) is 16.0. The minimum absolute atomic E-state index is 0.314. The topological polar surface area (TPSA) is 57.8 Å². The van der Waals surface area contributed by atoms with Crippen molar-refractivity contribution in [3.8, 4) is 0 Å². The van der Waals surface area contributed by atoms with Gasteiger partial charge in [0.15, 0.2) is 23.3 Å². The largest absolute Gasteiger partial charge is 0.342 e. The summed E-state index contributed by atoms with van der Waals surface area (Å²) in [4.78, 5) is 19.3. The van der Waals surface area contributed by atoms with Crippen molar-refractivity contribution in [3.63, 3.8) is 0 Å². The molecule has 0 saturated heterocycles. The first-order valence-corrected chi connectivity index (χ1v) is 6.97. The smallest absolute Gasteiger partial charge is 0.255 e. The van der Waals surface area contributed by atoms with Gasteiger partial charge in [0, 0.05) is 0 Å². The molecule has 8 heteroatoms. The summed E-state index contributed by atoms with van der Waals surface area (Å²) in [5.41, 5.74) is 0.478. The van der Waals surface area contributed by atoms with Crippen LogP contribution in [0.3, 0.4) is 0 Å². The number of carbonyl (C=O) groups excluding carboxylic acids is 1. The van der Waals surface area contributed by atoms with E-state index in [4.69, 9.17) is 0 Å². The van der Waals surface area contributed by atoms with E-state index in [1.165, 1.54) is 0 Å². The second-order valence-corrected chi connectivity index (χ2v) is 5.18. The van der Waals surface area contributed by atoms with Crippen LogP contribution >= 0.6 is 0 Å². The number of amides is 1. The number of fused-ring (bicyclic) bond motifs is 1. The molecule has 1 heterocycles. The van der Waals surface area contributed by atoms with E-state index in [0.29, 0.717) is 17.4 Å². The van der Waals surface area contributed by atoms with E-state index in [9.17, 15) is 22.4 Å². The number of benzene rings is 2. The molecule has 0 spiro atoms. The Morgan fingerprint density at radius 1 is 1.12 bits per heavy atom. The molecule has 2 N–H and O–H groups in total. The Balaban J connectivity index is 1.86. The number of rotatable bonds is 3. The molecule has 2 aromatic carbocycles. The van der Waals surface area contributed by atoms with Gasteiger partial charge < -0.3 is 10.3 Å². The van der Waals surface area contributed by atoms with Gasteiger partial charge in [-0.05, 0) is 25.1 Å². The van der Waals surface area contributed by atoms with Crippen LogP contribution in [-0.4, -0.2) is 15.9 Å². The first-order chi connectivity index (χ1) is 11.4. The molecule has 0 aliphatic rings. The van der Waals surface area contributed by atoms with Gasteiger partial charge in [-0.25, -0.2) is 22.5 Å². The van der Waals surface area contributed by atoms with Gasteiger partial charge in [0.25, 0.3) is 5.91 Å². The molecule has 0 fully saturated rings. The molecule has 1 amide bonds. The van der Waals surface area contributed by atoms with Crippen molar-refractivity contribution in [2.75, 3.05) is 0 Å². The molecular formula is C16H11F4N3O. The predicted molar refractivity (Wildman–Crippen MR) is 78.2 cm³/mol. The summed E-state index contributed by atoms with van der Waals surface area (Å²) < 4.78 is 53.0. The summed E-state index contributed by atoms with van der Waals surface area (Å²) in [6, 6.07) is 6.75. The average Bonchev–Trinajstić information content (AvgIpc) is 3.00. The van der Waals surface area contributed by atoms with Crippen molar-refractivity contribution in [3.05, 3.63) is 65.0 Å². The summed E-state index contributed by atoms with van der Waals surface area (Å²) in [7, 11) is 0. The molecule has 0 bridgehead atoms. The molecule has 0 unspecified atom stereocenters. The summed E-state index contributed by atoms with van der Waals surface area (Å²) in [5.74, 6) is -8.09. The molecule has 24 heavy (non-hydrogen) atoms. The van der Waals surface area contributed by atoms with Crippen LogP contribution in [0.5, 0.6) is 0 Å². The van der Waals surface area contributed by atoms with Gasteiger partial charge >= 0.3 is 0 Å². The number of hydrogen-bond donors (Lipinski definition) is 2. The summed E-state index contributed by atoms with van der Waals surface area (Å²) in [6.45, 7) is 1.56. The molecule has 4 nitrogen and oxygen atoms in total. The molecule has 3 rings (SSSR count). The lowest BCUT2D eigenvalue weighted by Crippen LogP contribution is -2.28. The van der Waals surface area contributed by atoms with Crippen LogP contribution in [0.2, 0.25) is 0 Å². The number of para-hydroxylation sites is 2. The van der Waals surface area contributed by atoms with Crippen molar-refractivity contribution in [1.82, 2.24) is 15.3 Å². The van der Waals surface area contributed by atoms with Crippen LogP contribution in [0.25, 0.3) is 11.0 Å². The second kappa shape index (κ2) is 5.95. The quantitative estimate of drug-likeness (QED) is 0.436. The molecule has 1 aromatic heterocycles. The van der Waals surface area contributed by atoms with Crippen molar-refractivity contribution in [2.24, 2.45) is 0 Å². The van der Waals surface area contributed by atoms with E-state index in [0.717, 1.165) is 5.52 Å². The highest BCUT2D eigenvalue weighted by Gasteiger charge is 2.24. The number of halogens is 4. The Morgan fingerprint density at radius 2 is 1.83 bits per heavy atom. The molecule has 0 aliphatic carbocycles. The van der Waals surface area contributed by atoms with E-state index in [1.807, 2.05) is 0 Å². The molecule has 1 atom stereocenters. The van der Waals surface area contributed by atoms with E-state index < -0.39 is 40.8 Å². The standard InChI is InChI=1S/C16H11F4N3O/c1-7(15-22-10-4-2-3-5-11(10)23-15)21-16(24)8-6-9(17)13(19)14(20)12(8)18/h2-7H,1H3,(H,21,24)(H,22,23)/t7-/m0/s1. The summed E-state index contributed by atoms with van der Waals surface area (Å²) >= 11 is 0. The highest BCUT2D eigenvalue weighted by molar-refractivity contribution is 5.94. The maximum absolute atomic E-state index is 13.6. The monoisotopic (exact) mass is 337 g/mol. The predicted octanol–water partition coefficient (Wildman–Crippen LogP) is 3.61.